The molecule has 0 N–H and O–H groups in total. The Kier molecular flexibility index (Phi) is 5.82. The number of rotatable bonds is 5. The van der Waals surface area contributed by atoms with Gasteiger partial charge in [-0.3, -0.25) is 4.99 Å². The molecule has 1 heterocycles. The molecule has 0 saturated heterocycles. The largest absolute Gasteiger partial charge is 0.287 e. The molecular weight excluding hydrogens is 184 g/mol. The highest BCUT2D eigenvalue weighted by Crippen LogP contribution is 1.78. The van der Waals surface area contributed by atoms with E-state index in [1.165, 1.54) is 0 Å². The molecule has 0 fully saturated rings. The summed E-state index contributed by atoms with van der Waals surface area (Å²) in [5.74, 6) is 0. The van der Waals surface area contributed by atoms with Crippen LogP contribution in [0.5, 0.6) is 0 Å². The molecule has 1 aromatic rings. The van der Waals surface area contributed by atoms with Crippen molar-refractivity contribution in [2.45, 2.75) is 13.5 Å². The predicted octanol–water partition coefficient (Wildman–Crippen LogP) is 2.18. The normalized spacial score (nSPS) is 12.1. The van der Waals surface area contributed by atoms with Crippen molar-refractivity contribution in [3.63, 3.8) is 0 Å². The van der Waals surface area contributed by atoms with Crippen LogP contribution in [0, 0.1) is 0 Å². The molecule has 2 heteroatoms. The van der Waals surface area contributed by atoms with E-state index in [-0.39, 0.29) is 0 Å². The Morgan fingerprint density at radius 2 is 1.87 bits per heavy atom. The minimum absolute atomic E-state index is 0.814. The molecule has 0 aliphatic carbocycles. The first-order valence-corrected chi connectivity index (χ1v) is 5.15. The minimum atomic E-state index is 0.814. The highest BCUT2D eigenvalue weighted by Gasteiger charge is 1.93. The Morgan fingerprint density at radius 1 is 1.07 bits per heavy atom. The SMILES string of the molecule is C/C=C\C=C/C=NCC[n+]1ccccc1. The Labute approximate surface area is 91.3 Å². The topological polar surface area (TPSA) is 16.2 Å². The van der Waals surface area contributed by atoms with Crippen LogP contribution < -0.4 is 4.57 Å². The molecule has 1 rings (SSSR count). The van der Waals surface area contributed by atoms with Crippen molar-refractivity contribution in [1.29, 1.82) is 0 Å². The fourth-order valence-corrected chi connectivity index (χ4v) is 1.12. The maximum Gasteiger partial charge on any atom is 0.168 e. The molecule has 2 nitrogen and oxygen atoms in total. The van der Waals surface area contributed by atoms with E-state index in [0.29, 0.717) is 0 Å². The molecule has 0 spiro atoms. The van der Waals surface area contributed by atoms with E-state index in [0.717, 1.165) is 13.1 Å². The highest BCUT2D eigenvalue weighted by atomic mass is 14.9. The minimum Gasteiger partial charge on any atom is -0.287 e. The van der Waals surface area contributed by atoms with Crippen LogP contribution in [0.25, 0.3) is 0 Å². The zero-order chi connectivity index (χ0) is 10.8. The summed E-state index contributed by atoms with van der Waals surface area (Å²) in [7, 11) is 0. The van der Waals surface area contributed by atoms with Crippen LogP contribution in [-0.4, -0.2) is 12.8 Å². The van der Waals surface area contributed by atoms with Crippen molar-refractivity contribution in [3.05, 3.63) is 54.9 Å². The maximum atomic E-state index is 4.27. The summed E-state index contributed by atoms with van der Waals surface area (Å²) in [6.45, 7) is 3.73. The summed E-state index contributed by atoms with van der Waals surface area (Å²) >= 11 is 0. The summed E-state index contributed by atoms with van der Waals surface area (Å²) < 4.78 is 2.12. The van der Waals surface area contributed by atoms with Gasteiger partial charge < -0.3 is 0 Å². The van der Waals surface area contributed by atoms with Crippen LogP contribution in [0.15, 0.2) is 59.9 Å². The van der Waals surface area contributed by atoms with Crippen molar-refractivity contribution in [2.24, 2.45) is 4.99 Å². The van der Waals surface area contributed by atoms with Gasteiger partial charge in [0.15, 0.2) is 18.9 Å². The molecule has 0 aliphatic heterocycles. The van der Waals surface area contributed by atoms with Crippen LogP contribution in [0.4, 0.5) is 0 Å². The summed E-state index contributed by atoms with van der Waals surface area (Å²) in [5, 5.41) is 0. The number of hydrogen-bond acceptors (Lipinski definition) is 1. The Balaban J connectivity index is 2.22. The zero-order valence-corrected chi connectivity index (χ0v) is 9.08. The number of aromatic nitrogens is 1. The van der Waals surface area contributed by atoms with E-state index >= 15 is 0 Å². The van der Waals surface area contributed by atoms with Gasteiger partial charge in [0.05, 0.1) is 6.54 Å². The van der Waals surface area contributed by atoms with E-state index in [1.807, 2.05) is 68.0 Å². The molecule has 0 saturated carbocycles. The van der Waals surface area contributed by atoms with E-state index in [9.17, 15) is 0 Å². The lowest BCUT2D eigenvalue weighted by Crippen LogP contribution is -2.33. The third-order valence-corrected chi connectivity index (χ3v) is 1.87. The number of pyridine rings is 1. The lowest BCUT2D eigenvalue weighted by atomic mass is 10.4. The number of hydrogen-bond donors (Lipinski definition) is 0. The fourth-order valence-electron chi connectivity index (χ4n) is 1.12. The second kappa shape index (κ2) is 7.68. The van der Waals surface area contributed by atoms with E-state index in [1.54, 1.807) is 0 Å². The van der Waals surface area contributed by atoms with Gasteiger partial charge in [0.1, 0.15) is 0 Å². The van der Waals surface area contributed by atoms with Gasteiger partial charge in [-0.2, -0.15) is 0 Å². The van der Waals surface area contributed by atoms with Gasteiger partial charge in [0.25, 0.3) is 0 Å². The summed E-state index contributed by atoms with van der Waals surface area (Å²) in [6, 6.07) is 6.06. The van der Waals surface area contributed by atoms with Gasteiger partial charge in [-0.05, 0) is 13.0 Å². The molecular formula is C13H17N2+. The zero-order valence-electron chi connectivity index (χ0n) is 9.08. The number of allylic oxidation sites excluding steroid dienone is 4. The highest BCUT2D eigenvalue weighted by molar-refractivity contribution is 5.71. The fraction of sp³-hybridized carbons (Fsp3) is 0.231. The molecule has 0 aliphatic rings. The van der Waals surface area contributed by atoms with Crippen molar-refractivity contribution in [3.8, 4) is 0 Å². The first-order valence-electron chi connectivity index (χ1n) is 5.15. The summed E-state index contributed by atoms with van der Waals surface area (Å²) in [6.07, 6.45) is 13.8. The lowest BCUT2D eigenvalue weighted by molar-refractivity contribution is -0.694. The van der Waals surface area contributed by atoms with Crippen molar-refractivity contribution >= 4 is 6.21 Å². The molecule has 0 unspecified atom stereocenters. The Morgan fingerprint density at radius 3 is 2.60 bits per heavy atom. The molecule has 78 valence electrons. The third-order valence-electron chi connectivity index (χ3n) is 1.87. The molecule has 0 aromatic carbocycles. The smallest absolute Gasteiger partial charge is 0.168 e. The third kappa shape index (κ3) is 5.57. The monoisotopic (exact) mass is 201 g/mol. The van der Waals surface area contributed by atoms with Gasteiger partial charge in [-0.25, -0.2) is 4.57 Å². The first kappa shape index (κ1) is 11.4. The molecule has 1 aromatic heterocycles. The maximum absolute atomic E-state index is 4.27. The van der Waals surface area contributed by atoms with Gasteiger partial charge in [0.2, 0.25) is 0 Å². The standard InChI is InChI=1S/C13H17N2/c1-2-3-4-6-9-14-10-13-15-11-7-5-8-12-15/h2-9,11-12H,10,13H2,1H3/q+1/b3-2-,6-4-,14-9?. The van der Waals surface area contributed by atoms with Crippen molar-refractivity contribution in [1.82, 2.24) is 0 Å². The molecule has 0 bridgehead atoms. The second-order valence-corrected chi connectivity index (χ2v) is 3.08. The second-order valence-electron chi connectivity index (χ2n) is 3.08. The van der Waals surface area contributed by atoms with Crippen LogP contribution in [0.2, 0.25) is 0 Å². The van der Waals surface area contributed by atoms with Gasteiger partial charge >= 0.3 is 0 Å². The molecule has 0 radical (unpaired) electrons. The van der Waals surface area contributed by atoms with Gasteiger partial charge in [-0.1, -0.05) is 24.3 Å². The van der Waals surface area contributed by atoms with Crippen LogP contribution >= 0.6 is 0 Å². The summed E-state index contributed by atoms with van der Waals surface area (Å²) in [5.41, 5.74) is 0. The van der Waals surface area contributed by atoms with E-state index in [2.05, 4.69) is 9.56 Å². The predicted molar refractivity (Wildman–Crippen MR) is 64.0 cm³/mol. The first-order chi connectivity index (χ1) is 7.43. The van der Waals surface area contributed by atoms with E-state index < -0.39 is 0 Å². The quantitative estimate of drug-likeness (QED) is 0.394. The van der Waals surface area contributed by atoms with Crippen molar-refractivity contribution in [2.75, 3.05) is 6.54 Å². The molecule has 0 amide bonds. The number of nitrogens with zero attached hydrogens (tertiary/aromatic N) is 2. The van der Waals surface area contributed by atoms with Crippen LogP contribution in [-0.2, 0) is 6.54 Å². The Hall–Kier alpha value is -1.70. The van der Waals surface area contributed by atoms with Gasteiger partial charge in [0, 0.05) is 18.3 Å². The number of aliphatic imine (C=N–C) groups is 1. The van der Waals surface area contributed by atoms with Crippen LogP contribution in [0.3, 0.4) is 0 Å². The molecule has 0 atom stereocenters. The average Bonchev–Trinajstić information content (AvgIpc) is 2.29. The van der Waals surface area contributed by atoms with Gasteiger partial charge in [-0.15, -0.1) is 0 Å². The average molecular weight is 201 g/mol. The van der Waals surface area contributed by atoms with Crippen LogP contribution in [0.1, 0.15) is 6.92 Å². The lowest BCUT2D eigenvalue weighted by Gasteiger charge is -1.90. The molecule has 15 heavy (non-hydrogen) atoms. The Bertz CT molecular complexity index is 337. The van der Waals surface area contributed by atoms with Crippen molar-refractivity contribution < 1.29 is 4.57 Å². The summed E-state index contributed by atoms with van der Waals surface area (Å²) in [4.78, 5) is 4.27. The van der Waals surface area contributed by atoms with E-state index in [4.69, 9.17) is 0 Å².